The lowest BCUT2D eigenvalue weighted by atomic mass is 9.98. The summed E-state index contributed by atoms with van der Waals surface area (Å²) in [5.74, 6) is 0.769. The fourth-order valence-electron chi connectivity index (χ4n) is 8.91. The van der Waals surface area contributed by atoms with Crippen molar-refractivity contribution in [1.29, 1.82) is 0 Å². The molecule has 4 aromatic heterocycles. The first-order valence-electron chi connectivity index (χ1n) is 19.6. The van der Waals surface area contributed by atoms with Gasteiger partial charge in [0.1, 0.15) is 16.0 Å². The summed E-state index contributed by atoms with van der Waals surface area (Å²) in [7, 11) is 1.96. The molecule has 0 saturated heterocycles. The molecule has 0 spiro atoms. The number of benzene rings is 3. The molecule has 0 saturated carbocycles. The molecular formula is C46H47BrCl2N6O2. The van der Waals surface area contributed by atoms with E-state index in [9.17, 15) is 0 Å². The number of anilines is 1. The van der Waals surface area contributed by atoms with Crippen LogP contribution >= 0.6 is 39.1 Å². The van der Waals surface area contributed by atoms with Crippen LogP contribution in [-0.2, 0) is 26.4 Å². The molecule has 1 atom stereocenters. The van der Waals surface area contributed by atoms with E-state index in [1.165, 1.54) is 5.69 Å². The highest BCUT2D eigenvalue weighted by atomic mass is 79.9. The number of carbonyl (C=O) groups excluding carboxylic acids is 1. The summed E-state index contributed by atoms with van der Waals surface area (Å²) < 4.78 is 13.6. The van der Waals surface area contributed by atoms with Gasteiger partial charge in [0.15, 0.2) is 0 Å². The monoisotopic (exact) mass is 864 g/mol. The first-order valence-corrected chi connectivity index (χ1v) is 21.1. The number of nitrogens with zero attached hydrogens (tertiary/aromatic N) is 6. The quantitative estimate of drug-likeness (QED) is 0.101. The van der Waals surface area contributed by atoms with Crippen molar-refractivity contribution in [2.75, 3.05) is 18.1 Å². The fraction of sp³-hybridized carbons (Fsp3) is 0.326. The van der Waals surface area contributed by atoms with E-state index in [4.69, 9.17) is 38.0 Å². The van der Waals surface area contributed by atoms with Crippen molar-refractivity contribution in [2.45, 2.75) is 80.3 Å². The van der Waals surface area contributed by atoms with Crippen LogP contribution in [-0.4, -0.2) is 43.0 Å². The van der Waals surface area contributed by atoms with Crippen molar-refractivity contribution in [1.82, 2.24) is 23.9 Å². The Kier molecular flexibility index (Phi) is 10.5. The first kappa shape index (κ1) is 39.3. The predicted molar refractivity (Wildman–Crippen MR) is 237 cm³/mol. The Balaban J connectivity index is 1.29. The topological polar surface area (TPSA) is 70.1 Å². The van der Waals surface area contributed by atoms with Crippen LogP contribution in [0.25, 0.3) is 32.9 Å². The Morgan fingerprint density at radius 2 is 1.70 bits per heavy atom. The highest BCUT2D eigenvalue weighted by Gasteiger charge is 2.38. The van der Waals surface area contributed by atoms with Gasteiger partial charge in [0.05, 0.1) is 46.3 Å². The maximum Gasteiger partial charge on any atom is 0.275 e. The van der Waals surface area contributed by atoms with Gasteiger partial charge in [0, 0.05) is 57.9 Å². The minimum atomic E-state index is -0.0731. The molecule has 0 radical (unpaired) electrons. The summed E-state index contributed by atoms with van der Waals surface area (Å²) in [4.78, 5) is 22.3. The minimum absolute atomic E-state index is 0.0239. The molecule has 1 aliphatic rings. The van der Waals surface area contributed by atoms with E-state index in [2.05, 4.69) is 83.1 Å². The van der Waals surface area contributed by atoms with Gasteiger partial charge in [-0.3, -0.25) is 9.48 Å². The molecule has 0 bridgehead atoms. The molecule has 8 nitrogen and oxygen atoms in total. The number of halogens is 3. The smallest absolute Gasteiger partial charge is 0.275 e. The number of aromatic nitrogens is 5. The third-order valence-electron chi connectivity index (χ3n) is 11.5. The van der Waals surface area contributed by atoms with E-state index in [0.717, 1.165) is 99.8 Å². The van der Waals surface area contributed by atoms with Crippen molar-refractivity contribution in [3.63, 3.8) is 0 Å². The summed E-state index contributed by atoms with van der Waals surface area (Å²) in [6, 6.07) is 20.6. The summed E-state index contributed by atoms with van der Waals surface area (Å²) >= 11 is 17.2. The van der Waals surface area contributed by atoms with Gasteiger partial charge in [-0.25, -0.2) is 4.98 Å². The predicted octanol–water partition coefficient (Wildman–Crippen LogP) is 11.8. The largest absolute Gasteiger partial charge is 0.494 e. The van der Waals surface area contributed by atoms with E-state index < -0.39 is 0 Å². The van der Waals surface area contributed by atoms with Gasteiger partial charge in [0.2, 0.25) is 0 Å². The maximum atomic E-state index is 15.5. The Bertz CT molecular complexity index is 2720. The number of carbonyl (C=O) groups is 1. The summed E-state index contributed by atoms with van der Waals surface area (Å²) in [5.41, 5.74) is 13.7. The summed E-state index contributed by atoms with van der Waals surface area (Å²) in [6.07, 6.45) is 2.18. The van der Waals surface area contributed by atoms with Gasteiger partial charge in [-0.1, -0.05) is 42.3 Å². The molecule has 3 aromatic carbocycles. The average Bonchev–Trinajstić information content (AvgIpc) is 3.78. The Morgan fingerprint density at radius 1 is 0.947 bits per heavy atom. The van der Waals surface area contributed by atoms with Gasteiger partial charge < -0.3 is 18.8 Å². The molecule has 0 aliphatic carbocycles. The molecule has 294 valence electrons. The number of amides is 1. The molecule has 1 aliphatic heterocycles. The SMILES string of the molecule is CCc1cc2cc(C)cc(N3C[C@@H](C)n4c(c(CCCOc5cc(C)c(Cl)c(C)c5)c5ccc(Cl)c(-c6c(C)nn(C)c6C)c54)C3=O)c2n1Cc1cccc(Br)n1. The molecular weight excluding hydrogens is 819 g/mol. The molecule has 11 heteroatoms. The lowest BCUT2D eigenvalue weighted by Gasteiger charge is -2.35. The number of rotatable bonds is 10. The number of pyridine rings is 1. The highest BCUT2D eigenvalue weighted by Crippen LogP contribution is 2.46. The zero-order valence-electron chi connectivity index (χ0n) is 33.7. The molecule has 0 N–H and O–H groups in total. The van der Waals surface area contributed by atoms with Crippen LogP contribution in [0.3, 0.4) is 0 Å². The first-order chi connectivity index (χ1) is 27.3. The Morgan fingerprint density at radius 3 is 2.39 bits per heavy atom. The van der Waals surface area contributed by atoms with Crippen LogP contribution < -0.4 is 9.64 Å². The van der Waals surface area contributed by atoms with Crippen molar-refractivity contribution in [3.8, 4) is 16.9 Å². The minimum Gasteiger partial charge on any atom is -0.494 e. The van der Waals surface area contributed by atoms with E-state index in [-0.39, 0.29) is 11.9 Å². The average molecular weight is 867 g/mol. The molecule has 57 heavy (non-hydrogen) atoms. The third kappa shape index (κ3) is 6.85. The molecule has 5 heterocycles. The van der Waals surface area contributed by atoms with Gasteiger partial charge in [-0.2, -0.15) is 5.10 Å². The highest BCUT2D eigenvalue weighted by molar-refractivity contribution is 9.10. The van der Waals surface area contributed by atoms with E-state index in [0.29, 0.717) is 43.3 Å². The number of ether oxygens (including phenoxy) is 1. The molecule has 0 fully saturated rings. The van der Waals surface area contributed by atoms with Gasteiger partial charge in [0.25, 0.3) is 5.91 Å². The van der Waals surface area contributed by atoms with Crippen LogP contribution in [0.1, 0.15) is 81.8 Å². The summed E-state index contributed by atoms with van der Waals surface area (Å²) in [6.45, 7) is 16.2. The second-order valence-corrected chi connectivity index (χ2v) is 17.1. The van der Waals surface area contributed by atoms with Crippen molar-refractivity contribution in [2.24, 2.45) is 7.05 Å². The van der Waals surface area contributed by atoms with Gasteiger partial charge in [-0.05, 0) is 148 Å². The van der Waals surface area contributed by atoms with Crippen LogP contribution in [0.2, 0.25) is 10.0 Å². The van der Waals surface area contributed by atoms with Crippen molar-refractivity contribution < 1.29 is 9.53 Å². The van der Waals surface area contributed by atoms with Crippen LogP contribution in [0.15, 0.2) is 65.3 Å². The number of aryl methyl sites for hydroxylation is 7. The second kappa shape index (κ2) is 15.3. The van der Waals surface area contributed by atoms with Crippen LogP contribution in [0.4, 0.5) is 5.69 Å². The van der Waals surface area contributed by atoms with E-state index >= 15 is 4.79 Å². The third-order valence-corrected chi connectivity index (χ3v) is 12.9. The lowest BCUT2D eigenvalue weighted by molar-refractivity contribution is 0.0957. The van der Waals surface area contributed by atoms with E-state index in [1.54, 1.807) is 0 Å². The van der Waals surface area contributed by atoms with Gasteiger partial charge >= 0.3 is 0 Å². The van der Waals surface area contributed by atoms with Crippen LogP contribution in [0, 0.1) is 34.6 Å². The number of hydrogen-bond donors (Lipinski definition) is 0. The van der Waals surface area contributed by atoms with Crippen molar-refractivity contribution in [3.05, 3.63) is 126 Å². The summed E-state index contributed by atoms with van der Waals surface area (Å²) in [5, 5.41) is 8.31. The Hall–Kier alpha value is -4.57. The normalized spacial score (nSPS) is 14.3. The standard InChI is InChI=1S/C46H47BrCl2N6O2/c1-9-33-22-31-18-25(2)19-38(43(31)53(33)24-32-12-10-14-39(47)50-32)54-23-28(5)55-44-36(15-16-37(48)41(44)40-29(6)51-52(8)30(40)7)35(45(55)46(54)56)13-11-17-57-34-20-26(3)42(49)27(4)21-34/h10,12,14-16,18-22,28H,9,11,13,17,23-24H2,1-8H3/t28-/m1/s1. The second-order valence-electron chi connectivity index (χ2n) is 15.5. The maximum absolute atomic E-state index is 15.5. The molecule has 8 rings (SSSR count). The lowest BCUT2D eigenvalue weighted by Crippen LogP contribution is -2.43. The molecule has 1 amide bonds. The van der Waals surface area contributed by atoms with E-state index in [1.807, 2.05) is 67.7 Å². The zero-order valence-corrected chi connectivity index (χ0v) is 36.8. The number of fused-ring (bicyclic) bond motifs is 4. The van der Waals surface area contributed by atoms with Gasteiger partial charge in [-0.15, -0.1) is 0 Å². The zero-order chi connectivity index (χ0) is 40.4. The number of hydrogen-bond acceptors (Lipinski definition) is 4. The molecule has 7 aromatic rings. The van der Waals surface area contributed by atoms with Crippen molar-refractivity contribution >= 4 is 72.5 Å². The molecule has 0 unspecified atom stereocenters. The van der Waals surface area contributed by atoms with Crippen LogP contribution in [0.5, 0.6) is 5.75 Å². The fourth-order valence-corrected chi connectivity index (χ4v) is 9.65. The Labute approximate surface area is 352 Å².